The van der Waals surface area contributed by atoms with E-state index in [0.717, 1.165) is 25.1 Å². The molecule has 0 aliphatic heterocycles. The number of hydrogen-bond acceptors (Lipinski definition) is 2. The van der Waals surface area contributed by atoms with Gasteiger partial charge in [-0.15, -0.1) is 0 Å². The minimum Gasteiger partial charge on any atom is -0.313 e. The maximum Gasteiger partial charge on any atom is 0.0985 e. The molecule has 0 aromatic heterocycles. The Morgan fingerprint density at radius 3 is 2.69 bits per heavy atom. The van der Waals surface area contributed by atoms with Crippen molar-refractivity contribution in [2.75, 3.05) is 13.1 Å². The average molecular weight is 176 g/mol. The third-order valence-corrected chi connectivity index (χ3v) is 1.44. The van der Waals surface area contributed by atoms with Gasteiger partial charge in [0.2, 0.25) is 0 Å². The van der Waals surface area contributed by atoms with Crippen molar-refractivity contribution < 1.29 is 0 Å². The zero-order valence-electron chi connectivity index (χ0n) is 8.14. The van der Waals surface area contributed by atoms with E-state index in [4.69, 9.17) is 5.26 Å². The standard InChI is InChI=1S/C11H16N2/c1-4-7-13-9-11(3)6-5-10(2)8-12/h5-6,13H,2-4,7,9H2,1H3/b6-5-. The van der Waals surface area contributed by atoms with Gasteiger partial charge in [0, 0.05) is 12.1 Å². The lowest BCUT2D eigenvalue weighted by Gasteiger charge is -2.01. The molecule has 0 aliphatic carbocycles. The van der Waals surface area contributed by atoms with Crippen LogP contribution in [-0.2, 0) is 0 Å². The van der Waals surface area contributed by atoms with Crippen molar-refractivity contribution in [3.8, 4) is 6.07 Å². The Morgan fingerprint density at radius 2 is 2.15 bits per heavy atom. The lowest BCUT2D eigenvalue weighted by molar-refractivity contribution is 0.720. The Bertz CT molecular complexity index is 243. The van der Waals surface area contributed by atoms with E-state index >= 15 is 0 Å². The van der Waals surface area contributed by atoms with Gasteiger partial charge in [0.15, 0.2) is 0 Å². The molecule has 0 radical (unpaired) electrons. The summed E-state index contributed by atoms with van der Waals surface area (Å²) in [6.45, 7) is 11.2. The highest BCUT2D eigenvalue weighted by atomic mass is 14.8. The van der Waals surface area contributed by atoms with Crippen LogP contribution in [0.1, 0.15) is 13.3 Å². The van der Waals surface area contributed by atoms with Gasteiger partial charge >= 0.3 is 0 Å². The molecular formula is C11H16N2. The van der Waals surface area contributed by atoms with Crippen LogP contribution in [0, 0.1) is 11.3 Å². The molecule has 0 spiro atoms. The van der Waals surface area contributed by atoms with Crippen molar-refractivity contribution in [2.45, 2.75) is 13.3 Å². The Morgan fingerprint density at radius 1 is 1.46 bits per heavy atom. The fourth-order valence-corrected chi connectivity index (χ4v) is 0.740. The highest BCUT2D eigenvalue weighted by Gasteiger charge is 1.88. The first kappa shape index (κ1) is 11.7. The van der Waals surface area contributed by atoms with Gasteiger partial charge in [-0.25, -0.2) is 0 Å². The SMILES string of the molecule is C=C(C#N)/C=C\C(=C)CNCCC. The molecule has 2 heteroatoms. The summed E-state index contributed by atoms with van der Waals surface area (Å²) in [5, 5.41) is 11.6. The number of allylic oxidation sites excluding steroid dienone is 2. The van der Waals surface area contributed by atoms with Gasteiger partial charge < -0.3 is 5.32 Å². The van der Waals surface area contributed by atoms with E-state index in [2.05, 4.69) is 25.4 Å². The molecule has 0 rings (SSSR count). The molecule has 0 fully saturated rings. The van der Waals surface area contributed by atoms with E-state index in [1.807, 2.05) is 12.1 Å². The van der Waals surface area contributed by atoms with Crippen molar-refractivity contribution in [3.63, 3.8) is 0 Å². The highest BCUT2D eigenvalue weighted by Crippen LogP contribution is 1.95. The lowest BCUT2D eigenvalue weighted by atomic mass is 10.2. The van der Waals surface area contributed by atoms with Crippen LogP contribution in [0.15, 0.2) is 36.5 Å². The Labute approximate surface area is 80.3 Å². The van der Waals surface area contributed by atoms with Gasteiger partial charge in [0.1, 0.15) is 0 Å². The molecular weight excluding hydrogens is 160 g/mol. The molecule has 0 aromatic carbocycles. The summed E-state index contributed by atoms with van der Waals surface area (Å²) in [7, 11) is 0. The normalized spacial score (nSPS) is 9.85. The first-order valence-corrected chi connectivity index (χ1v) is 4.36. The number of nitriles is 1. The van der Waals surface area contributed by atoms with Crippen molar-refractivity contribution >= 4 is 0 Å². The lowest BCUT2D eigenvalue weighted by Crippen LogP contribution is -2.16. The van der Waals surface area contributed by atoms with Crippen LogP contribution >= 0.6 is 0 Å². The van der Waals surface area contributed by atoms with Crippen molar-refractivity contribution in [1.29, 1.82) is 5.26 Å². The van der Waals surface area contributed by atoms with Gasteiger partial charge in [-0.2, -0.15) is 5.26 Å². The number of nitrogens with one attached hydrogen (secondary N) is 1. The Kier molecular flexibility index (Phi) is 6.58. The highest BCUT2D eigenvalue weighted by molar-refractivity contribution is 5.33. The molecule has 0 unspecified atom stereocenters. The van der Waals surface area contributed by atoms with Crippen molar-refractivity contribution in [3.05, 3.63) is 36.5 Å². The molecule has 0 saturated carbocycles. The van der Waals surface area contributed by atoms with E-state index in [0.29, 0.717) is 5.57 Å². The molecule has 0 aliphatic rings. The van der Waals surface area contributed by atoms with E-state index in [1.54, 1.807) is 6.08 Å². The van der Waals surface area contributed by atoms with Gasteiger partial charge in [0.25, 0.3) is 0 Å². The Hall–Kier alpha value is -1.33. The van der Waals surface area contributed by atoms with E-state index in [9.17, 15) is 0 Å². The minimum absolute atomic E-state index is 0.455. The second-order valence-electron chi connectivity index (χ2n) is 2.81. The molecule has 0 saturated heterocycles. The quantitative estimate of drug-likeness (QED) is 0.382. The maximum absolute atomic E-state index is 8.42. The van der Waals surface area contributed by atoms with Crippen LogP contribution in [0.3, 0.4) is 0 Å². The Balaban J connectivity index is 3.69. The number of hydrogen-bond donors (Lipinski definition) is 1. The van der Waals surface area contributed by atoms with Crippen molar-refractivity contribution in [1.82, 2.24) is 5.32 Å². The summed E-state index contributed by atoms with van der Waals surface area (Å²) in [5.41, 5.74) is 1.42. The minimum atomic E-state index is 0.455. The van der Waals surface area contributed by atoms with Crippen LogP contribution in [0.2, 0.25) is 0 Å². The summed E-state index contributed by atoms with van der Waals surface area (Å²) >= 11 is 0. The van der Waals surface area contributed by atoms with Crippen molar-refractivity contribution in [2.24, 2.45) is 0 Å². The van der Waals surface area contributed by atoms with E-state index < -0.39 is 0 Å². The molecule has 0 amide bonds. The summed E-state index contributed by atoms with van der Waals surface area (Å²) < 4.78 is 0. The summed E-state index contributed by atoms with van der Waals surface area (Å²) in [6.07, 6.45) is 4.60. The summed E-state index contributed by atoms with van der Waals surface area (Å²) in [6, 6.07) is 1.94. The van der Waals surface area contributed by atoms with Crippen LogP contribution in [0.5, 0.6) is 0 Å². The molecule has 0 aromatic rings. The first-order chi connectivity index (χ1) is 6.20. The fraction of sp³-hybridized carbons (Fsp3) is 0.364. The fourth-order valence-electron chi connectivity index (χ4n) is 0.740. The number of rotatable bonds is 6. The van der Waals surface area contributed by atoms with E-state index in [1.165, 1.54) is 0 Å². The summed E-state index contributed by atoms with van der Waals surface area (Å²) in [4.78, 5) is 0. The molecule has 0 heterocycles. The zero-order valence-corrected chi connectivity index (χ0v) is 8.14. The van der Waals surface area contributed by atoms with Gasteiger partial charge in [0.05, 0.1) is 6.07 Å². The predicted molar refractivity (Wildman–Crippen MR) is 56.2 cm³/mol. The number of nitrogens with zero attached hydrogens (tertiary/aromatic N) is 1. The molecule has 2 nitrogen and oxygen atoms in total. The van der Waals surface area contributed by atoms with Gasteiger partial charge in [-0.1, -0.05) is 26.2 Å². The molecule has 70 valence electrons. The topological polar surface area (TPSA) is 35.8 Å². The second-order valence-corrected chi connectivity index (χ2v) is 2.81. The first-order valence-electron chi connectivity index (χ1n) is 4.36. The molecule has 1 N–H and O–H groups in total. The monoisotopic (exact) mass is 176 g/mol. The second kappa shape index (κ2) is 7.33. The third kappa shape index (κ3) is 7.04. The molecule has 0 bridgehead atoms. The third-order valence-electron chi connectivity index (χ3n) is 1.44. The van der Waals surface area contributed by atoms with E-state index in [-0.39, 0.29) is 0 Å². The molecule has 0 atom stereocenters. The average Bonchev–Trinajstić information content (AvgIpc) is 2.14. The van der Waals surface area contributed by atoms with Crippen LogP contribution in [-0.4, -0.2) is 13.1 Å². The van der Waals surface area contributed by atoms with Gasteiger partial charge in [-0.3, -0.25) is 0 Å². The van der Waals surface area contributed by atoms with Crippen LogP contribution < -0.4 is 5.32 Å². The zero-order chi connectivity index (χ0) is 10.1. The largest absolute Gasteiger partial charge is 0.313 e. The van der Waals surface area contributed by atoms with Crippen LogP contribution in [0.25, 0.3) is 0 Å². The maximum atomic E-state index is 8.42. The molecule has 13 heavy (non-hydrogen) atoms. The van der Waals surface area contributed by atoms with Crippen LogP contribution in [0.4, 0.5) is 0 Å². The smallest absolute Gasteiger partial charge is 0.0985 e. The van der Waals surface area contributed by atoms with Gasteiger partial charge in [-0.05, 0) is 24.6 Å². The predicted octanol–water partition coefficient (Wildman–Crippen LogP) is 2.18. The summed E-state index contributed by atoms with van der Waals surface area (Å²) in [5.74, 6) is 0.